The standard InChI is InChI=1S/C40H82O18S/c41-5-9-45-13-17-49-21-25-53-29-33-57-37-35-55-31-27-51-23-19-47-15-11-43-7-1-3-39-59-40-4-2-8-44-12-16-48-20-24-52-28-32-56-36-38-58-34-30-54-26-22-50-18-14-46-10-6-42/h41-42H,1-40H2. The van der Waals surface area contributed by atoms with Crippen LogP contribution in [-0.2, 0) is 75.8 Å². The summed E-state index contributed by atoms with van der Waals surface area (Å²) in [4.78, 5) is 0. The van der Waals surface area contributed by atoms with Crippen molar-refractivity contribution in [3.05, 3.63) is 0 Å². The van der Waals surface area contributed by atoms with Gasteiger partial charge in [0.05, 0.1) is 211 Å². The van der Waals surface area contributed by atoms with Crippen LogP contribution in [0.1, 0.15) is 25.7 Å². The lowest BCUT2D eigenvalue weighted by Gasteiger charge is -2.09. The van der Waals surface area contributed by atoms with E-state index >= 15 is 0 Å². The predicted molar refractivity (Wildman–Crippen MR) is 223 cm³/mol. The molecule has 2 N–H and O–H groups in total. The Morgan fingerprint density at radius 2 is 0.339 bits per heavy atom. The predicted octanol–water partition coefficient (Wildman–Crippen LogP) is 1.53. The van der Waals surface area contributed by atoms with E-state index in [1.165, 1.54) is 0 Å². The minimum Gasteiger partial charge on any atom is -0.394 e. The van der Waals surface area contributed by atoms with Crippen molar-refractivity contribution in [2.75, 3.05) is 236 Å². The number of hydrogen-bond donors (Lipinski definition) is 2. The molecular weight excluding hydrogens is 800 g/mol. The van der Waals surface area contributed by atoms with Gasteiger partial charge in [-0.05, 0) is 37.2 Å². The van der Waals surface area contributed by atoms with Crippen LogP contribution >= 0.6 is 11.8 Å². The van der Waals surface area contributed by atoms with Crippen LogP contribution in [0.5, 0.6) is 0 Å². The first-order valence-corrected chi connectivity index (χ1v) is 22.6. The quantitative estimate of drug-likeness (QED) is 0.0837. The summed E-state index contributed by atoms with van der Waals surface area (Å²) in [5.74, 6) is 2.31. The maximum atomic E-state index is 8.60. The highest BCUT2D eigenvalue weighted by Gasteiger charge is 1.99. The van der Waals surface area contributed by atoms with Crippen molar-refractivity contribution in [1.82, 2.24) is 0 Å². The summed E-state index contributed by atoms with van der Waals surface area (Å²) < 4.78 is 87.0. The van der Waals surface area contributed by atoms with Crippen molar-refractivity contribution in [3.8, 4) is 0 Å². The summed E-state index contributed by atoms with van der Waals surface area (Å²) in [6, 6.07) is 0. The second kappa shape index (κ2) is 57.6. The number of unbranched alkanes of at least 4 members (excludes halogenated alkanes) is 2. The number of thioether (sulfide) groups is 1. The number of aliphatic hydroxyl groups excluding tert-OH is 2. The fraction of sp³-hybridized carbons (Fsp3) is 1.00. The minimum atomic E-state index is 0.0251. The van der Waals surface area contributed by atoms with Crippen molar-refractivity contribution >= 4 is 11.8 Å². The third-order valence-corrected chi connectivity index (χ3v) is 8.49. The van der Waals surface area contributed by atoms with E-state index in [1.807, 2.05) is 11.8 Å². The van der Waals surface area contributed by atoms with Gasteiger partial charge in [0.25, 0.3) is 0 Å². The van der Waals surface area contributed by atoms with Crippen LogP contribution in [0.3, 0.4) is 0 Å². The van der Waals surface area contributed by atoms with Gasteiger partial charge in [-0.3, -0.25) is 0 Å². The van der Waals surface area contributed by atoms with Crippen LogP contribution in [-0.4, -0.2) is 246 Å². The van der Waals surface area contributed by atoms with E-state index in [0.717, 1.165) is 50.4 Å². The zero-order chi connectivity index (χ0) is 42.3. The van der Waals surface area contributed by atoms with Gasteiger partial charge in [-0.25, -0.2) is 0 Å². The Bertz CT molecular complexity index is 668. The Kier molecular flexibility index (Phi) is 57.3. The average molecular weight is 883 g/mol. The molecule has 0 saturated carbocycles. The van der Waals surface area contributed by atoms with Crippen molar-refractivity contribution in [2.24, 2.45) is 0 Å². The monoisotopic (exact) mass is 883 g/mol. The fourth-order valence-corrected chi connectivity index (χ4v) is 5.35. The zero-order valence-electron chi connectivity index (χ0n) is 36.1. The molecule has 0 fully saturated rings. The normalized spacial score (nSPS) is 11.7. The van der Waals surface area contributed by atoms with E-state index in [0.29, 0.717) is 198 Å². The highest BCUT2D eigenvalue weighted by Crippen LogP contribution is 2.08. The first-order chi connectivity index (χ1) is 29.4. The molecule has 18 nitrogen and oxygen atoms in total. The maximum absolute atomic E-state index is 8.60. The summed E-state index contributed by atoms with van der Waals surface area (Å²) in [6.07, 6.45) is 4.44. The molecular formula is C40H82O18S. The summed E-state index contributed by atoms with van der Waals surface area (Å²) >= 11 is 1.99. The van der Waals surface area contributed by atoms with E-state index in [9.17, 15) is 0 Å². The molecule has 356 valence electrons. The number of ether oxygens (including phenoxy) is 16. The molecule has 0 spiro atoms. The number of aliphatic hydroxyl groups is 2. The van der Waals surface area contributed by atoms with Crippen LogP contribution in [0.25, 0.3) is 0 Å². The molecule has 0 radical (unpaired) electrons. The van der Waals surface area contributed by atoms with E-state index in [1.54, 1.807) is 0 Å². The topological polar surface area (TPSA) is 188 Å². The van der Waals surface area contributed by atoms with Crippen LogP contribution in [0.15, 0.2) is 0 Å². The molecule has 0 aliphatic rings. The lowest BCUT2D eigenvalue weighted by Crippen LogP contribution is -2.15. The highest BCUT2D eigenvalue weighted by molar-refractivity contribution is 7.99. The van der Waals surface area contributed by atoms with Gasteiger partial charge in [-0.1, -0.05) is 0 Å². The van der Waals surface area contributed by atoms with Gasteiger partial charge in [0.2, 0.25) is 0 Å². The maximum Gasteiger partial charge on any atom is 0.0701 e. The first kappa shape index (κ1) is 58.6. The van der Waals surface area contributed by atoms with Crippen molar-refractivity contribution in [2.45, 2.75) is 25.7 Å². The molecule has 19 heteroatoms. The van der Waals surface area contributed by atoms with Gasteiger partial charge >= 0.3 is 0 Å². The third-order valence-electron chi connectivity index (χ3n) is 7.33. The molecule has 0 aromatic carbocycles. The van der Waals surface area contributed by atoms with Gasteiger partial charge in [0.1, 0.15) is 0 Å². The van der Waals surface area contributed by atoms with Crippen LogP contribution < -0.4 is 0 Å². The highest BCUT2D eigenvalue weighted by atomic mass is 32.2. The number of hydrogen-bond acceptors (Lipinski definition) is 19. The van der Waals surface area contributed by atoms with Crippen molar-refractivity contribution in [3.63, 3.8) is 0 Å². The molecule has 0 heterocycles. The Hall–Kier alpha value is -0.370. The summed E-state index contributed by atoms with van der Waals surface area (Å²) in [7, 11) is 0. The van der Waals surface area contributed by atoms with E-state index < -0.39 is 0 Å². The van der Waals surface area contributed by atoms with Gasteiger partial charge in [-0.2, -0.15) is 11.8 Å². The molecule has 0 atom stereocenters. The lowest BCUT2D eigenvalue weighted by atomic mass is 10.3. The molecule has 0 bridgehead atoms. The zero-order valence-corrected chi connectivity index (χ0v) is 36.9. The van der Waals surface area contributed by atoms with Gasteiger partial charge in [0.15, 0.2) is 0 Å². The molecule has 0 aromatic rings. The molecule has 0 aliphatic heterocycles. The SMILES string of the molecule is OCCOCCOCCOCCOCCOCCOCCOCCOCCCCSCCCCOCCOCCOCCOCCOCCOCCOCCOCCO. The van der Waals surface area contributed by atoms with Crippen LogP contribution in [0, 0.1) is 0 Å². The summed E-state index contributed by atoms with van der Waals surface area (Å²) in [5, 5.41) is 17.2. The van der Waals surface area contributed by atoms with Crippen LogP contribution in [0.2, 0.25) is 0 Å². The van der Waals surface area contributed by atoms with E-state index in [-0.39, 0.29) is 13.2 Å². The van der Waals surface area contributed by atoms with Gasteiger partial charge in [0, 0.05) is 13.2 Å². The molecule has 0 aromatic heterocycles. The first-order valence-electron chi connectivity index (χ1n) is 21.4. The van der Waals surface area contributed by atoms with E-state index in [2.05, 4.69) is 0 Å². The van der Waals surface area contributed by atoms with E-state index in [4.69, 9.17) is 86.0 Å². The van der Waals surface area contributed by atoms with Gasteiger partial charge in [-0.15, -0.1) is 0 Å². The Balaban J connectivity index is 3.06. The molecule has 0 unspecified atom stereocenters. The Morgan fingerprint density at radius 3 is 0.508 bits per heavy atom. The Morgan fingerprint density at radius 1 is 0.186 bits per heavy atom. The minimum absolute atomic E-state index is 0.0251. The second-order valence-corrected chi connectivity index (χ2v) is 13.5. The fourth-order valence-electron chi connectivity index (χ4n) is 4.33. The average Bonchev–Trinajstić information content (AvgIpc) is 3.25. The van der Waals surface area contributed by atoms with Crippen molar-refractivity contribution in [1.29, 1.82) is 0 Å². The Labute approximate surface area is 359 Å². The number of rotatable bonds is 56. The molecule has 0 amide bonds. The molecule has 0 aliphatic carbocycles. The van der Waals surface area contributed by atoms with Crippen molar-refractivity contribution < 1.29 is 86.0 Å². The smallest absolute Gasteiger partial charge is 0.0701 e. The van der Waals surface area contributed by atoms with Gasteiger partial charge < -0.3 is 86.0 Å². The molecule has 0 rings (SSSR count). The summed E-state index contributed by atoms with van der Waals surface area (Å²) in [6.45, 7) is 16.9. The molecule has 59 heavy (non-hydrogen) atoms. The third kappa shape index (κ3) is 57.6. The van der Waals surface area contributed by atoms with Crippen LogP contribution in [0.4, 0.5) is 0 Å². The summed E-state index contributed by atoms with van der Waals surface area (Å²) in [5.41, 5.74) is 0. The largest absolute Gasteiger partial charge is 0.394 e. The molecule has 0 saturated heterocycles. The lowest BCUT2D eigenvalue weighted by molar-refractivity contribution is -0.0238. The second-order valence-electron chi connectivity index (χ2n) is 12.3.